The zero-order valence-corrected chi connectivity index (χ0v) is 15.9. The Hall–Kier alpha value is -2.65. The summed E-state index contributed by atoms with van der Waals surface area (Å²) in [6.45, 7) is 3.20. The van der Waals surface area contributed by atoms with E-state index in [9.17, 15) is 13.2 Å². The first-order valence-electron chi connectivity index (χ1n) is 8.37. The van der Waals surface area contributed by atoms with Crippen LogP contribution in [0.25, 0.3) is 32.8 Å². The molecular formula is C19H17F3N2O3S. The molecule has 0 unspecified atom stereocenters. The largest absolute Gasteiger partial charge is 0.741 e. The van der Waals surface area contributed by atoms with E-state index in [0.29, 0.717) is 0 Å². The fourth-order valence-electron chi connectivity index (χ4n) is 3.33. The molecule has 0 saturated heterocycles. The van der Waals surface area contributed by atoms with Gasteiger partial charge in [0.1, 0.15) is 12.6 Å². The molecule has 0 amide bonds. The van der Waals surface area contributed by atoms with Crippen LogP contribution in [0.5, 0.6) is 0 Å². The molecule has 4 aromatic rings. The van der Waals surface area contributed by atoms with Crippen LogP contribution in [0.1, 0.15) is 6.92 Å². The fourth-order valence-corrected chi connectivity index (χ4v) is 3.33. The standard InChI is InChI=1S/C18H17N2.CHF3O3S/c1-3-20-16-11-7-5-9-14(16)18-17(20)12-13-8-4-6-10-15(13)19(18)2;2-1(3,4)8(5,6)7/h4-12H,3H2,1-2H3;(H,5,6,7)/q+1;/p-1. The number of para-hydroxylation sites is 2. The molecular weight excluding hydrogens is 393 g/mol. The second-order valence-corrected chi connectivity index (χ2v) is 7.53. The number of hydrogen-bond donors (Lipinski definition) is 0. The summed E-state index contributed by atoms with van der Waals surface area (Å²) in [4.78, 5) is 0. The van der Waals surface area contributed by atoms with Crippen LogP contribution < -0.4 is 4.57 Å². The highest BCUT2D eigenvalue weighted by molar-refractivity contribution is 7.86. The van der Waals surface area contributed by atoms with Crippen molar-refractivity contribution in [1.82, 2.24) is 4.57 Å². The van der Waals surface area contributed by atoms with Gasteiger partial charge in [0.05, 0.1) is 10.9 Å². The van der Waals surface area contributed by atoms with Gasteiger partial charge >= 0.3 is 5.51 Å². The third-order valence-electron chi connectivity index (χ3n) is 4.51. The van der Waals surface area contributed by atoms with E-state index in [1.54, 1.807) is 0 Å². The van der Waals surface area contributed by atoms with Crippen LogP contribution in [0, 0.1) is 0 Å². The molecule has 0 aliphatic carbocycles. The molecule has 0 fully saturated rings. The van der Waals surface area contributed by atoms with Crippen molar-refractivity contribution in [2.45, 2.75) is 19.0 Å². The van der Waals surface area contributed by atoms with Crippen LogP contribution in [0.3, 0.4) is 0 Å². The van der Waals surface area contributed by atoms with Crippen LogP contribution in [0.15, 0.2) is 54.6 Å². The minimum absolute atomic E-state index is 0.988. The lowest BCUT2D eigenvalue weighted by Crippen LogP contribution is -2.29. The average Bonchev–Trinajstić information content (AvgIpc) is 2.94. The number of fused-ring (bicyclic) bond motifs is 4. The van der Waals surface area contributed by atoms with Gasteiger partial charge in [-0.25, -0.2) is 8.42 Å². The number of rotatable bonds is 1. The predicted molar refractivity (Wildman–Crippen MR) is 99.6 cm³/mol. The maximum absolute atomic E-state index is 10.7. The average molecular weight is 410 g/mol. The smallest absolute Gasteiger partial charge is 0.485 e. The molecule has 2 aromatic carbocycles. The monoisotopic (exact) mass is 410 g/mol. The van der Waals surface area contributed by atoms with Gasteiger partial charge in [-0.05, 0) is 31.2 Å². The first-order chi connectivity index (χ1) is 13.1. The molecule has 148 valence electrons. The summed E-state index contributed by atoms with van der Waals surface area (Å²) in [5.74, 6) is 0. The molecule has 5 nitrogen and oxygen atoms in total. The topological polar surface area (TPSA) is 66.0 Å². The van der Waals surface area contributed by atoms with Crippen molar-refractivity contribution < 1.29 is 30.7 Å². The Morgan fingerprint density at radius 2 is 1.61 bits per heavy atom. The van der Waals surface area contributed by atoms with Crippen molar-refractivity contribution in [1.29, 1.82) is 0 Å². The minimum Gasteiger partial charge on any atom is -0.741 e. The molecule has 0 spiro atoms. The lowest BCUT2D eigenvalue weighted by Gasteiger charge is -2.08. The van der Waals surface area contributed by atoms with Gasteiger partial charge < -0.3 is 9.12 Å². The molecule has 28 heavy (non-hydrogen) atoms. The van der Waals surface area contributed by atoms with Crippen molar-refractivity contribution >= 4 is 43.0 Å². The van der Waals surface area contributed by atoms with Crippen LogP contribution in [-0.2, 0) is 23.7 Å². The highest BCUT2D eigenvalue weighted by Crippen LogP contribution is 2.28. The Morgan fingerprint density at radius 1 is 1.04 bits per heavy atom. The lowest BCUT2D eigenvalue weighted by atomic mass is 10.1. The van der Waals surface area contributed by atoms with E-state index in [4.69, 9.17) is 13.0 Å². The van der Waals surface area contributed by atoms with Gasteiger partial charge in [0.25, 0.3) is 0 Å². The second kappa shape index (κ2) is 7.06. The van der Waals surface area contributed by atoms with Gasteiger partial charge in [-0.1, -0.05) is 24.3 Å². The molecule has 0 saturated carbocycles. The first-order valence-corrected chi connectivity index (χ1v) is 9.78. The van der Waals surface area contributed by atoms with E-state index in [2.05, 4.69) is 77.7 Å². The van der Waals surface area contributed by atoms with Crippen molar-refractivity contribution in [3.8, 4) is 0 Å². The van der Waals surface area contributed by atoms with Crippen LogP contribution in [0.4, 0.5) is 13.2 Å². The third kappa shape index (κ3) is 3.43. The van der Waals surface area contributed by atoms with Crippen molar-refractivity contribution in [2.75, 3.05) is 0 Å². The molecule has 9 heteroatoms. The van der Waals surface area contributed by atoms with Crippen LogP contribution in [0.2, 0.25) is 0 Å². The molecule has 0 aliphatic rings. The Kier molecular flexibility index (Phi) is 5.07. The number of halogens is 3. The lowest BCUT2D eigenvalue weighted by molar-refractivity contribution is -0.616. The van der Waals surface area contributed by atoms with Crippen molar-refractivity contribution in [2.24, 2.45) is 7.05 Å². The molecule has 0 N–H and O–H groups in total. The summed E-state index contributed by atoms with van der Waals surface area (Å²) in [6.07, 6.45) is 0. The summed E-state index contributed by atoms with van der Waals surface area (Å²) in [5.41, 5.74) is -0.418. The number of pyridine rings is 1. The molecule has 4 rings (SSSR count). The normalized spacial score (nSPS) is 12.4. The Bertz CT molecular complexity index is 1280. The van der Waals surface area contributed by atoms with Crippen LogP contribution >= 0.6 is 0 Å². The molecule has 0 radical (unpaired) electrons. The van der Waals surface area contributed by atoms with E-state index in [1.807, 2.05) is 0 Å². The molecule has 2 aromatic heterocycles. The SMILES string of the molecule is CCn1c2ccccc2c2c1cc1ccccc1[n+]2C.O=S(=O)([O-])C(F)(F)F. The number of alkyl halides is 3. The number of aryl methyl sites for hydroxylation is 2. The zero-order valence-electron chi connectivity index (χ0n) is 15.1. The van der Waals surface area contributed by atoms with Gasteiger partial charge in [0.2, 0.25) is 11.0 Å². The van der Waals surface area contributed by atoms with Crippen molar-refractivity contribution in [3.05, 3.63) is 54.6 Å². The quantitative estimate of drug-likeness (QED) is 0.272. The third-order valence-corrected chi connectivity index (χ3v) is 5.08. The highest BCUT2D eigenvalue weighted by Gasteiger charge is 2.36. The van der Waals surface area contributed by atoms with Crippen LogP contribution in [-0.4, -0.2) is 23.0 Å². The Labute approximate surface area is 159 Å². The summed E-state index contributed by atoms with van der Waals surface area (Å²) >= 11 is 0. The molecule has 0 bridgehead atoms. The molecule has 0 aliphatic heterocycles. The van der Waals surface area contributed by atoms with Gasteiger partial charge in [-0.2, -0.15) is 17.7 Å². The van der Waals surface area contributed by atoms with E-state index >= 15 is 0 Å². The maximum Gasteiger partial charge on any atom is 0.485 e. The van der Waals surface area contributed by atoms with Gasteiger partial charge in [0.15, 0.2) is 10.1 Å². The number of benzene rings is 2. The Morgan fingerprint density at radius 3 is 2.21 bits per heavy atom. The maximum atomic E-state index is 10.7. The Balaban J connectivity index is 0.000000242. The zero-order chi connectivity index (χ0) is 20.7. The molecule has 0 atom stereocenters. The predicted octanol–water partition coefficient (Wildman–Crippen LogP) is 3.84. The number of nitrogens with zero attached hydrogens (tertiary/aromatic N) is 2. The minimum atomic E-state index is -6.09. The summed E-state index contributed by atoms with van der Waals surface area (Å²) in [5, 5.41) is 2.62. The first kappa shape index (κ1) is 20.1. The molecule has 2 heterocycles. The van der Waals surface area contributed by atoms with E-state index in [1.165, 1.54) is 32.8 Å². The van der Waals surface area contributed by atoms with E-state index in [0.717, 1.165) is 6.54 Å². The van der Waals surface area contributed by atoms with Gasteiger partial charge in [-0.15, -0.1) is 0 Å². The fraction of sp³-hybridized carbons (Fsp3) is 0.211. The van der Waals surface area contributed by atoms with E-state index in [-0.39, 0.29) is 0 Å². The van der Waals surface area contributed by atoms with Gasteiger partial charge in [-0.3, -0.25) is 0 Å². The number of aromatic nitrogens is 2. The van der Waals surface area contributed by atoms with E-state index < -0.39 is 15.6 Å². The highest BCUT2D eigenvalue weighted by atomic mass is 32.2. The summed E-state index contributed by atoms with van der Waals surface area (Å²) in [7, 11) is -3.93. The number of hydrogen-bond acceptors (Lipinski definition) is 3. The second-order valence-electron chi connectivity index (χ2n) is 6.16. The summed E-state index contributed by atoms with van der Waals surface area (Å²) < 4.78 is 63.6. The van der Waals surface area contributed by atoms with Crippen molar-refractivity contribution in [3.63, 3.8) is 0 Å². The summed E-state index contributed by atoms with van der Waals surface area (Å²) in [6, 6.07) is 19.6. The van der Waals surface area contributed by atoms with Gasteiger partial charge in [0, 0.05) is 18.0 Å².